The van der Waals surface area contributed by atoms with E-state index in [1.807, 2.05) is 0 Å². The molecule has 92 valence electrons. The number of halogens is 2. The van der Waals surface area contributed by atoms with Crippen LogP contribution in [0.2, 0.25) is 0 Å². The zero-order chi connectivity index (χ0) is 13.3. The van der Waals surface area contributed by atoms with E-state index >= 15 is 0 Å². The number of nitriles is 1. The van der Waals surface area contributed by atoms with Gasteiger partial charge in [-0.3, -0.25) is 4.68 Å². The third-order valence-corrected chi connectivity index (χ3v) is 3.01. The van der Waals surface area contributed by atoms with Gasteiger partial charge in [0.2, 0.25) is 0 Å². The molecule has 2 rings (SSSR count). The molecule has 0 aliphatic heterocycles. The van der Waals surface area contributed by atoms with E-state index in [9.17, 15) is 4.39 Å². The molecule has 0 saturated carbocycles. The van der Waals surface area contributed by atoms with E-state index in [-0.39, 0.29) is 5.82 Å². The van der Waals surface area contributed by atoms with Gasteiger partial charge in [-0.15, -0.1) is 0 Å². The summed E-state index contributed by atoms with van der Waals surface area (Å²) in [5.41, 5.74) is 1.32. The Hall–Kier alpha value is -1.87. The number of nitrogens with zero attached hydrogens (tertiary/aromatic N) is 3. The maximum Gasteiger partial charge on any atom is 0.146 e. The molecule has 0 fully saturated rings. The molecule has 0 radical (unpaired) electrons. The third kappa shape index (κ3) is 2.22. The molecule has 6 heteroatoms. The molecule has 4 nitrogen and oxygen atoms in total. The highest BCUT2D eigenvalue weighted by Crippen LogP contribution is 2.26. The Morgan fingerprint density at radius 1 is 1.50 bits per heavy atom. The monoisotopic (exact) mass is 308 g/mol. The van der Waals surface area contributed by atoms with Crippen LogP contribution >= 0.6 is 15.9 Å². The van der Waals surface area contributed by atoms with Crippen LogP contribution in [0.4, 0.5) is 15.9 Å². The Labute approximate surface area is 112 Å². The van der Waals surface area contributed by atoms with Gasteiger partial charge in [-0.25, -0.2) is 4.39 Å². The van der Waals surface area contributed by atoms with E-state index in [0.717, 1.165) is 4.47 Å². The first kappa shape index (κ1) is 12.6. The van der Waals surface area contributed by atoms with Gasteiger partial charge in [0.15, 0.2) is 0 Å². The normalized spacial score (nSPS) is 10.2. The summed E-state index contributed by atoms with van der Waals surface area (Å²) in [7, 11) is 1.70. The van der Waals surface area contributed by atoms with Crippen molar-refractivity contribution in [1.82, 2.24) is 9.78 Å². The van der Waals surface area contributed by atoms with Crippen molar-refractivity contribution in [3.05, 3.63) is 39.7 Å². The molecule has 18 heavy (non-hydrogen) atoms. The van der Waals surface area contributed by atoms with Crippen LogP contribution < -0.4 is 5.32 Å². The van der Waals surface area contributed by atoms with E-state index in [2.05, 4.69) is 32.4 Å². The lowest BCUT2D eigenvalue weighted by molar-refractivity contribution is 0.631. The van der Waals surface area contributed by atoms with Crippen LogP contribution in [0.5, 0.6) is 0 Å². The molecule has 0 amide bonds. The standard InChI is InChI=1S/C12H10BrFN4/c1-7-9(6-15)12(18(2)17-7)16-11-5-8(13)3-4-10(11)14/h3-5,16H,1-2H3. The number of aryl methyl sites for hydroxylation is 2. The summed E-state index contributed by atoms with van der Waals surface area (Å²) in [6.07, 6.45) is 0. The molecule has 1 heterocycles. The minimum Gasteiger partial charge on any atom is -0.337 e. The minimum atomic E-state index is -0.388. The summed E-state index contributed by atoms with van der Waals surface area (Å²) >= 11 is 3.27. The number of anilines is 2. The van der Waals surface area contributed by atoms with Crippen LogP contribution in [-0.2, 0) is 7.05 Å². The van der Waals surface area contributed by atoms with Crippen LogP contribution in [0.25, 0.3) is 0 Å². The zero-order valence-electron chi connectivity index (χ0n) is 9.83. The lowest BCUT2D eigenvalue weighted by Gasteiger charge is -2.08. The van der Waals surface area contributed by atoms with Crippen LogP contribution in [0.15, 0.2) is 22.7 Å². The Balaban J connectivity index is 2.46. The average molecular weight is 309 g/mol. The zero-order valence-corrected chi connectivity index (χ0v) is 11.4. The van der Waals surface area contributed by atoms with E-state index in [1.54, 1.807) is 26.1 Å². The lowest BCUT2D eigenvalue weighted by Crippen LogP contribution is -2.02. The Morgan fingerprint density at radius 3 is 2.89 bits per heavy atom. The molecule has 0 saturated heterocycles. The highest BCUT2D eigenvalue weighted by Gasteiger charge is 2.14. The van der Waals surface area contributed by atoms with E-state index in [0.29, 0.717) is 22.8 Å². The van der Waals surface area contributed by atoms with Crippen molar-refractivity contribution in [3.63, 3.8) is 0 Å². The third-order valence-electron chi connectivity index (χ3n) is 2.52. The number of benzene rings is 1. The van der Waals surface area contributed by atoms with E-state index < -0.39 is 0 Å². The summed E-state index contributed by atoms with van der Waals surface area (Å²) in [5.74, 6) is 0.0907. The van der Waals surface area contributed by atoms with Gasteiger partial charge in [0.25, 0.3) is 0 Å². The first-order valence-corrected chi connectivity index (χ1v) is 5.98. The second-order valence-electron chi connectivity index (χ2n) is 3.79. The molecule has 0 bridgehead atoms. The molecule has 1 N–H and O–H groups in total. The van der Waals surface area contributed by atoms with Crippen LogP contribution in [0.1, 0.15) is 11.3 Å². The summed E-state index contributed by atoms with van der Waals surface area (Å²) in [4.78, 5) is 0. The molecule has 1 aromatic heterocycles. The van der Waals surface area contributed by atoms with E-state index in [1.165, 1.54) is 10.7 Å². The predicted molar refractivity (Wildman–Crippen MR) is 70.0 cm³/mol. The largest absolute Gasteiger partial charge is 0.337 e. The van der Waals surface area contributed by atoms with Gasteiger partial charge in [-0.1, -0.05) is 15.9 Å². The smallest absolute Gasteiger partial charge is 0.146 e. The highest BCUT2D eigenvalue weighted by molar-refractivity contribution is 9.10. The maximum absolute atomic E-state index is 13.6. The predicted octanol–water partition coefficient (Wildman–Crippen LogP) is 3.25. The Kier molecular flexibility index (Phi) is 3.34. The fourth-order valence-corrected chi connectivity index (χ4v) is 2.02. The second-order valence-corrected chi connectivity index (χ2v) is 4.71. The second kappa shape index (κ2) is 4.78. The van der Waals surface area contributed by atoms with Crippen molar-refractivity contribution >= 4 is 27.4 Å². The van der Waals surface area contributed by atoms with Crippen LogP contribution in [-0.4, -0.2) is 9.78 Å². The summed E-state index contributed by atoms with van der Waals surface area (Å²) in [5, 5.41) is 16.1. The van der Waals surface area contributed by atoms with Crippen LogP contribution in [0.3, 0.4) is 0 Å². The van der Waals surface area contributed by atoms with Gasteiger partial charge >= 0.3 is 0 Å². The number of aromatic nitrogens is 2. The maximum atomic E-state index is 13.6. The topological polar surface area (TPSA) is 53.6 Å². The first-order valence-electron chi connectivity index (χ1n) is 5.18. The summed E-state index contributed by atoms with van der Waals surface area (Å²) < 4.78 is 15.9. The molecule has 0 spiro atoms. The minimum absolute atomic E-state index is 0.295. The van der Waals surface area contributed by atoms with Crippen molar-refractivity contribution in [1.29, 1.82) is 5.26 Å². The fourth-order valence-electron chi connectivity index (χ4n) is 1.66. The number of hydrogen-bond donors (Lipinski definition) is 1. The van der Waals surface area contributed by atoms with Gasteiger partial charge in [0.05, 0.1) is 11.4 Å². The van der Waals surface area contributed by atoms with Gasteiger partial charge in [0, 0.05) is 11.5 Å². The SMILES string of the molecule is Cc1nn(C)c(Nc2cc(Br)ccc2F)c1C#N. The average Bonchev–Trinajstić information content (AvgIpc) is 2.58. The van der Waals surface area contributed by atoms with Crippen LogP contribution in [0, 0.1) is 24.1 Å². The van der Waals surface area contributed by atoms with Crippen molar-refractivity contribution in [2.45, 2.75) is 6.92 Å². The summed E-state index contributed by atoms with van der Waals surface area (Å²) in [6.45, 7) is 1.74. The lowest BCUT2D eigenvalue weighted by atomic mass is 10.2. The summed E-state index contributed by atoms with van der Waals surface area (Å²) in [6, 6.07) is 6.63. The van der Waals surface area contributed by atoms with Gasteiger partial charge in [-0.2, -0.15) is 10.4 Å². The highest BCUT2D eigenvalue weighted by atomic mass is 79.9. The molecule has 0 unspecified atom stereocenters. The van der Waals surface area contributed by atoms with Crippen molar-refractivity contribution in [2.75, 3.05) is 5.32 Å². The molecule has 2 aromatic rings. The number of rotatable bonds is 2. The quantitative estimate of drug-likeness (QED) is 0.926. The molecule has 0 atom stereocenters. The Morgan fingerprint density at radius 2 is 2.22 bits per heavy atom. The van der Waals surface area contributed by atoms with Crippen molar-refractivity contribution < 1.29 is 4.39 Å². The number of hydrogen-bond acceptors (Lipinski definition) is 3. The fraction of sp³-hybridized carbons (Fsp3) is 0.167. The molecule has 0 aliphatic rings. The first-order chi connectivity index (χ1) is 8.52. The van der Waals surface area contributed by atoms with Gasteiger partial charge < -0.3 is 5.32 Å². The van der Waals surface area contributed by atoms with Crippen molar-refractivity contribution in [3.8, 4) is 6.07 Å². The molecule has 0 aliphatic carbocycles. The number of nitrogens with one attached hydrogen (secondary N) is 1. The van der Waals surface area contributed by atoms with Crippen molar-refractivity contribution in [2.24, 2.45) is 7.05 Å². The Bertz CT molecular complexity index is 642. The van der Waals surface area contributed by atoms with Gasteiger partial charge in [-0.05, 0) is 25.1 Å². The molecule has 1 aromatic carbocycles. The molecular weight excluding hydrogens is 299 g/mol. The molecular formula is C12H10BrFN4. The van der Waals surface area contributed by atoms with E-state index in [4.69, 9.17) is 5.26 Å². The van der Waals surface area contributed by atoms with Gasteiger partial charge in [0.1, 0.15) is 23.3 Å².